The third-order valence-electron chi connectivity index (χ3n) is 4.61. The highest BCUT2D eigenvalue weighted by Gasteiger charge is 2.60. The summed E-state index contributed by atoms with van der Waals surface area (Å²) >= 11 is 5.97. The summed E-state index contributed by atoms with van der Waals surface area (Å²) in [6.45, 7) is 5.27. The second-order valence-electron chi connectivity index (χ2n) is 6.11. The average Bonchev–Trinajstić information content (AvgIpc) is 2.71. The minimum Gasteiger partial charge on any atom is -0.270 e. The van der Waals surface area contributed by atoms with Crippen molar-refractivity contribution in [1.82, 2.24) is 0 Å². The van der Waals surface area contributed by atoms with Gasteiger partial charge in [0, 0.05) is 11.4 Å². The predicted molar refractivity (Wildman–Crippen MR) is 91.6 cm³/mol. The van der Waals surface area contributed by atoms with Gasteiger partial charge in [0.05, 0.1) is 17.2 Å². The molecule has 2 aliphatic heterocycles. The van der Waals surface area contributed by atoms with Gasteiger partial charge in [0.25, 0.3) is 5.91 Å². The molecule has 3 rings (SSSR count). The van der Waals surface area contributed by atoms with Crippen molar-refractivity contribution < 1.29 is 13.2 Å². The Morgan fingerprint density at radius 2 is 1.91 bits per heavy atom. The van der Waals surface area contributed by atoms with Crippen LogP contribution in [0.4, 0.5) is 5.69 Å². The molecule has 7 heteroatoms. The van der Waals surface area contributed by atoms with Crippen LogP contribution in [0.1, 0.15) is 27.2 Å². The van der Waals surface area contributed by atoms with Crippen LogP contribution in [0.15, 0.2) is 40.5 Å². The second-order valence-corrected chi connectivity index (χ2v) is 8.76. The smallest absolute Gasteiger partial charge is 0.270 e. The number of carbonyl (C=O) groups is 1. The number of carbonyl (C=O) groups excluding carboxylic acids is 1. The number of rotatable bonds is 1. The number of benzene rings is 1. The molecule has 0 fully saturated rings. The Morgan fingerprint density at radius 3 is 2.57 bits per heavy atom. The molecule has 1 aromatic rings. The van der Waals surface area contributed by atoms with E-state index in [2.05, 4.69) is 5.10 Å². The molecule has 1 atom stereocenters. The van der Waals surface area contributed by atoms with E-state index in [0.29, 0.717) is 16.4 Å². The summed E-state index contributed by atoms with van der Waals surface area (Å²) in [6.07, 6.45) is 0.159. The van der Waals surface area contributed by atoms with Crippen molar-refractivity contribution in [2.45, 2.75) is 31.9 Å². The Bertz CT molecular complexity index is 873. The van der Waals surface area contributed by atoms with Gasteiger partial charge in [0.2, 0.25) is 0 Å². The van der Waals surface area contributed by atoms with Crippen LogP contribution in [0.5, 0.6) is 0 Å². The third-order valence-corrected chi connectivity index (χ3v) is 7.33. The average molecular weight is 353 g/mol. The first-order valence-corrected chi connectivity index (χ1v) is 9.25. The van der Waals surface area contributed by atoms with E-state index >= 15 is 0 Å². The number of allylic oxidation sites excluding steroid dienone is 1. The largest absolute Gasteiger partial charge is 0.275 e. The lowest BCUT2D eigenvalue weighted by atomic mass is 9.92. The van der Waals surface area contributed by atoms with Gasteiger partial charge >= 0.3 is 0 Å². The summed E-state index contributed by atoms with van der Waals surface area (Å²) in [6, 6.07) is 6.67. The maximum absolute atomic E-state index is 13.0. The van der Waals surface area contributed by atoms with Crippen LogP contribution in [0.3, 0.4) is 0 Å². The fraction of sp³-hybridized carbons (Fsp3) is 0.375. The number of hydrogen-bond acceptors (Lipinski definition) is 4. The van der Waals surface area contributed by atoms with E-state index in [1.165, 1.54) is 0 Å². The molecule has 1 aromatic carbocycles. The Kier molecular flexibility index (Phi) is 3.65. The highest BCUT2D eigenvalue weighted by Crippen LogP contribution is 2.41. The third kappa shape index (κ3) is 2.23. The minimum atomic E-state index is -3.67. The molecule has 0 bridgehead atoms. The molecule has 0 aromatic heterocycles. The molecule has 1 amide bonds. The molecule has 5 nitrogen and oxygen atoms in total. The lowest BCUT2D eigenvalue weighted by Gasteiger charge is -2.33. The Balaban J connectivity index is 2.14. The predicted octanol–water partition coefficient (Wildman–Crippen LogP) is 2.96. The Hall–Kier alpha value is -1.66. The first-order valence-electron chi connectivity index (χ1n) is 7.22. The second kappa shape index (κ2) is 5.18. The number of nitrogens with zero attached hydrogens (tertiary/aromatic N) is 2. The molecule has 2 heterocycles. The van der Waals surface area contributed by atoms with Gasteiger partial charge in [-0.3, -0.25) is 4.79 Å². The van der Waals surface area contributed by atoms with Crippen LogP contribution >= 0.6 is 11.6 Å². The van der Waals surface area contributed by atoms with Gasteiger partial charge < -0.3 is 0 Å². The van der Waals surface area contributed by atoms with E-state index < -0.39 is 20.5 Å². The van der Waals surface area contributed by atoms with E-state index in [4.69, 9.17) is 11.6 Å². The quantitative estimate of drug-likeness (QED) is 0.730. The lowest BCUT2D eigenvalue weighted by molar-refractivity contribution is -0.118. The fourth-order valence-electron chi connectivity index (χ4n) is 3.11. The van der Waals surface area contributed by atoms with Crippen molar-refractivity contribution in [1.29, 1.82) is 0 Å². The summed E-state index contributed by atoms with van der Waals surface area (Å²) in [5.74, 6) is -0.634. The van der Waals surface area contributed by atoms with E-state index in [1.54, 1.807) is 38.1 Å². The van der Waals surface area contributed by atoms with Gasteiger partial charge in [-0.25, -0.2) is 8.42 Å². The Labute approximate surface area is 140 Å². The van der Waals surface area contributed by atoms with Crippen LogP contribution < -0.4 is 5.01 Å². The summed E-state index contributed by atoms with van der Waals surface area (Å²) in [7, 11) is -3.67. The van der Waals surface area contributed by atoms with E-state index in [-0.39, 0.29) is 12.2 Å². The molecule has 0 N–H and O–H groups in total. The van der Waals surface area contributed by atoms with Crippen molar-refractivity contribution in [2.75, 3.05) is 10.8 Å². The van der Waals surface area contributed by atoms with Gasteiger partial charge in [-0.2, -0.15) is 10.1 Å². The maximum atomic E-state index is 13.0. The number of anilines is 1. The first kappa shape index (κ1) is 16.2. The Morgan fingerprint density at radius 1 is 1.22 bits per heavy atom. The molecule has 122 valence electrons. The summed E-state index contributed by atoms with van der Waals surface area (Å²) in [5, 5.41) is 5.87. The van der Waals surface area contributed by atoms with Crippen LogP contribution in [-0.2, 0) is 14.6 Å². The molecule has 0 saturated heterocycles. The van der Waals surface area contributed by atoms with Crippen molar-refractivity contribution in [3.8, 4) is 0 Å². The SMILES string of the molecule is CC1=NN(c2cccc(Cl)c2)C(=O)[C@]12CC(C)=C(C)CS2(=O)=O. The zero-order chi connectivity index (χ0) is 17.0. The zero-order valence-corrected chi connectivity index (χ0v) is 14.7. The van der Waals surface area contributed by atoms with Crippen LogP contribution in [0.2, 0.25) is 5.02 Å². The molecule has 0 aliphatic carbocycles. The van der Waals surface area contributed by atoms with Crippen LogP contribution in [0.25, 0.3) is 0 Å². The summed E-state index contributed by atoms with van der Waals surface area (Å²) in [5.41, 5.74) is 2.51. The van der Waals surface area contributed by atoms with Crippen LogP contribution in [-0.4, -0.2) is 30.5 Å². The van der Waals surface area contributed by atoms with E-state index in [0.717, 1.165) is 16.2 Å². The zero-order valence-electron chi connectivity index (χ0n) is 13.1. The molecule has 0 unspecified atom stereocenters. The van der Waals surface area contributed by atoms with Crippen molar-refractivity contribution in [3.63, 3.8) is 0 Å². The van der Waals surface area contributed by atoms with Crippen molar-refractivity contribution >= 4 is 38.7 Å². The number of amides is 1. The highest BCUT2D eigenvalue weighted by molar-refractivity contribution is 7.94. The normalized spacial score (nSPS) is 26.9. The van der Waals surface area contributed by atoms with E-state index in [1.807, 2.05) is 6.92 Å². The van der Waals surface area contributed by atoms with Gasteiger partial charge in [0.15, 0.2) is 14.6 Å². The van der Waals surface area contributed by atoms with Crippen LogP contribution in [0, 0.1) is 0 Å². The monoisotopic (exact) mass is 352 g/mol. The number of hydrazone groups is 1. The molecule has 2 aliphatic rings. The number of halogens is 1. The van der Waals surface area contributed by atoms with Gasteiger partial charge in [-0.05, 0) is 39.0 Å². The lowest BCUT2D eigenvalue weighted by Crippen LogP contribution is -2.55. The molecule has 0 radical (unpaired) electrons. The van der Waals surface area contributed by atoms with Crippen molar-refractivity contribution in [2.24, 2.45) is 5.10 Å². The van der Waals surface area contributed by atoms with E-state index in [9.17, 15) is 13.2 Å². The maximum Gasteiger partial charge on any atom is 0.275 e. The molecule has 1 spiro atoms. The minimum absolute atomic E-state index is 0.110. The molecule has 23 heavy (non-hydrogen) atoms. The number of hydrogen-bond donors (Lipinski definition) is 0. The molecular weight excluding hydrogens is 336 g/mol. The van der Waals surface area contributed by atoms with Gasteiger partial charge in [-0.1, -0.05) is 28.8 Å². The fourth-order valence-corrected chi connectivity index (χ4v) is 5.64. The summed E-state index contributed by atoms with van der Waals surface area (Å²) in [4.78, 5) is 13.0. The molecular formula is C16H17ClN2O3S. The van der Waals surface area contributed by atoms with Crippen molar-refractivity contribution in [3.05, 3.63) is 40.4 Å². The van der Waals surface area contributed by atoms with Gasteiger partial charge in [0.1, 0.15) is 0 Å². The topological polar surface area (TPSA) is 66.8 Å². The van der Waals surface area contributed by atoms with Gasteiger partial charge in [-0.15, -0.1) is 0 Å². The number of sulfone groups is 1. The molecule has 0 saturated carbocycles. The summed E-state index contributed by atoms with van der Waals surface area (Å²) < 4.78 is 24.1. The highest BCUT2D eigenvalue weighted by atomic mass is 35.5. The standard InChI is InChI=1S/C16H17ClN2O3S/c1-10-8-16(23(21,22)9-11(10)2)12(3)18-19(15(16)20)14-6-4-5-13(17)7-14/h4-7H,8-9H2,1-3H3/t16-/m0/s1. The first-order chi connectivity index (χ1) is 10.7.